The minimum absolute atomic E-state index is 0.501. The summed E-state index contributed by atoms with van der Waals surface area (Å²) in [6.45, 7) is 5.95. The van der Waals surface area contributed by atoms with Crippen LogP contribution in [0.3, 0.4) is 0 Å². The summed E-state index contributed by atoms with van der Waals surface area (Å²) in [6.07, 6.45) is 6.51. The Balaban J connectivity index is 1.54. The number of morpholine rings is 1. The summed E-state index contributed by atoms with van der Waals surface area (Å²) >= 11 is 1.92. The molecule has 1 atom stereocenters. The first-order valence-corrected chi connectivity index (χ1v) is 9.24. The Kier molecular flexibility index (Phi) is 3.90. The van der Waals surface area contributed by atoms with Crippen LogP contribution < -0.4 is 10.2 Å². The van der Waals surface area contributed by atoms with Crippen LogP contribution in [-0.2, 0) is 11.3 Å². The van der Waals surface area contributed by atoms with Crippen molar-refractivity contribution in [1.29, 1.82) is 0 Å². The Morgan fingerprint density at radius 1 is 1.33 bits per heavy atom. The van der Waals surface area contributed by atoms with Gasteiger partial charge in [-0.05, 0) is 32.1 Å². The van der Waals surface area contributed by atoms with Crippen molar-refractivity contribution in [2.24, 2.45) is 0 Å². The molecule has 1 N–H and O–H groups in total. The van der Waals surface area contributed by atoms with Crippen LogP contribution in [0.5, 0.6) is 0 Å². The van der Waals surface area contributed by atoms with Crippen molar-refractivity contribution in [3.63, 3.8) is 0 Å². The van der Waals surface area contributed by atoms with Crippen LogP contribution in [0, 0.1) is 0 Å². The monoisotopic (exact) mass is 307 g/mol. The molecule has 2 aliphatic carbocycles. The van der Waals surface area contributed by atoms with Gasteiger partial charge in [0.05, 0.1) is 24.9 Å². The molecule has 21 heavy (non-hydrogen) atoms. The maximum Gasteiger partial charge on any atom is 0.186 e. The summed E-state index contributed by atoms with van der Waals surface area (Å²) in [5.41, 5.74) is 1.39. The molecule has 4 nitrogen and oxygen atoms in total. The second kappa shape index (κ2) is 5.86. The lowest BCUT2D eigenvalue weighted by Crippen LogP contribution is -2.45. The van der Waals surface area contributed by atoms with E-state index in [1.807, 2.05) is 11.3 Å². The SMILES string of the molecule is CCC1COCCN1c1nc(C2CC2)c(CNC2CC2)s1. The fourth-order valence-electron chi connectivity index (χ4n) is 3.05. The van der Waals surface area contributed by atoms with Crippen molar-refractivity contribution < 1.29 is 4.74 Å². The fraction of sp³-hybridized carbons (Fsp3) is 0.812. The molecule has 0 aromatic carbocycles. The Morgan fingerprint density at radius 2 is 2.19 bits per heavy atom. The quantitative estimate of drug-likeness (QED) is 0.877. The third-order valence-electron chi connectivity index (χ3n) is 4.75. The first-order valence-electron chi connectivity index (χ1n) is 8.42. The number of nitrogens with one attached hydrogen (secondary N) is 1. The standard InChI is InChI=1S/C16H25N3OS/c1-2-13-10-20-8-7-19(13)16-18-15(11-3-4-11)14(21-16)9-17-12-5-6-12/h11-13,17H,2-10H2,1H3. The first-order chi connectivity index (χ1) is 10.3. The van der Waals surface area contributed by atoms with E-state index in [0.717, 1.165) is 44.7 Å². The number of anilines is 1. The highest BCUT2D eigenvalue weighted by Gasteiger charge is 2.33. The summed E-state index contributed by atoms with van der Waals surface area (Å²) in [5.74, 6) is 0.743. The van der Waals surface area contributed by atoms with Gasteiger partial charge in [-0.3, -0.25) is 0 Å². The number of hydrogen-bond donors (Lipinski definition) is 1. The average Bonchev–Trinajstić information content (AvgIpc) is 3.44. The summed E-state index contributed by atoms with van der Waals surface area (Å²) in [5, 5.41) is 4.90. The average molecular weight is 307 g/mol. The molecule has 2 saturated carbocycles. The fourth-order valence-corrected chi connectivity index (χ4v) is 4.24. The lowest BCUT2D eigenvalue weighted by atomic mass is 10.2. The molecular formula is C16H25N3OS. The first kappa shape index (κ1) is 14.0. The minimum atomic E-state index is 0.501. The number of nitrogens with zero attached hydrogens (tertiary/aromatic N) is 2. The zero-order valence-electron chi connectivity index (χ0n) is 12.8. The number of thiazole rings is 1. The largest absolute Gasteiger partial charge is 0.377 e. The summed E-state index contributed by atoms with van der Waals surface area (Å²) in [4.78, 5) is 9.01. The topological polar surface area (TPSA) is 37.4 Å². The molecule has 3 aliphatic rings. The van der Waals surface area contributed by atoms with Gasteiger partial charge in [0.25, 0.3) is 0 Å². The molecule has 0 radical (unpaired) electrons. The molecule has 0 spiro atoms. The van der Waals surface area contributed by atoms with Gasteiger partial charge >= 0.3 is 0 Å². The van der Waals surface area contributed by atoms with Crippen LogP contribution in [0.1, 0.15) is 55.5 Å². The molecule has 0 amide bonds. The van der Waals surface area contributed by atoms with Crippen LogP contribution in [-0.4, -0.2) is 36.8 Å². The van der Waals surface area contributed by atoms with E-state index >= 15 is 0 Å². The van der Waals surface area contributed by atoms with Gasteiger partial charge in [-0.1, -0.05) is 6.92 Å². The van der Waals surface area contributed by atoms with Crippen molar-refractivity contribution in [2.45, 2.75) is 63.6 Å². The van der Waals surface area contributed by atoms with Crippen molar-refractivity contribution in [1.82, 2.24) is 10.3 Å². The van der Waals surface area contributed by atoms with Gasteiger partial charge in [0.1, 0.15) is 0 Å². The van der Waals surface area contributed by atoms with Crippen molar-refractivity contribution >= 4 is 16.5 Å². The van der Waals surface area contributed by atoms with Gasteiger partial charge in [0.2, 0.25) is 0 Å². The molecule has 5 heteroatoms. The minimum Gasteiger partial charge on any atom is -0.377 e. The van der Waals surface area contributed by atoms with E-state index in [1.54, 1.807) is 0 Å². The summed E-state index contributed by atoms with van der Waals surface area (Å²) < 4.78 is 5.63. The molecule has 1 aliphatic heterocycles. The van der Waals surface area contributed by atoms with Crippen LogP contribution in [0.15, 0.2) is 0 Å². The molecule has 1 saturated heterocycles. The molecule has 4 rings (SSSR count). The predicted molar refractivity (Wildman–Crippen MR) is 86.2 cm³/mol. The van der Waals surface area contributed by atoms with Crippen LogP contribution in [0.4, 0.5) is 5.13 Å². The molecule has 0 bridgehead atoms. The van der Waals surface area contributed by atoms with Crippen LogP contribution >= 0.6 is 11.3 Å². The maximum absolute atomic E-state index is 5.63. The highest BCUT2D eigenvalue weighted by molar-refractivity contribution is 7.15. The third kappa shape index (κ3) is 3.10. The van der Waals surface area contributed by atoms with Gasteiger partial charge in [0, 0.05) is 29.9 Å². The zero-order valence-corrected chi connectivity index (χ0v) is 13.6. The van der Waals surface area contributed by atoms with Gasteiger partial charge in [-0.15, -0.1) is 11.3 Å². The van der Waals surface area contributed by atoms with E-state index in [9.17, 15) is 0 Å². The maximum atomic E-state index is 5.63. The lowest BCUT2D eigenvalue weighted by molar-refractivity contribution is 0.0929. The smallest absolute Gasteiger partial charge is 0.186 e. The molecule has 116 valence electrons. The van der Waals surface area contributed by atoms with E-state index in [-0.39, 0.29) is 0 Å². The van der Waals surface area contributed by atoms with Crippen LogP contribution in [0.25, 0.3) is 0 Å². The summed E-state index contributed by atoms with van der Waals surface area (Å²) in [7, 11) is 0. The number of rotatable bonds is 6. The predicted octanol–water partition coefficient (Wildman–Crippen LogP) is 2.89. The molecule has 1 unspecified atom stereocenters. The van der Waals surface area contributed by atoms with Gasteiger partial charge < -0.3 is 15.0 Å². The molecule has 2 heterocycles. The van der Waals surface area contributed by atoms with E-state index in [0.29, 0.717) is 6.04 Å². The van der Waals surface area contributed by atoms with Crippen molar-refractivity contribution in [3.8, 4) is 0 Å². The third-order valence-corrected chi connectivity index (χ3v) is 5.86. The van der Waals surface area contributed by atoms with E-state index < -0.39 is 0 Å². The van der Waals surface area contributed by atoms with Gasteiger partial charge in [-0.2, -0.15) is 0 Å². The van der Waals surface area contributed by atoms with E-state index in [1.165, 1.54) is 41.4 Å². The van der Waals surface area contributed by atoms with Gasteiger partial charge in [-0.25, -0.2) is 4.98 Å². The molecular weight excluding hydrogens is 282 g/mol. The Bertz CT molecular complexity index is 496. The molecule has 1 aromatic heterocycles. The van der Waals surface area contributed by atoms with E-state index in [4.69, 9.17) is 9.72 Å². The lowest BCUT2D eigenvalue weighted by Gasteiger charge is -2.34. The molecule has 1 aromatic rings. The Hall–Kier alpha value is -0.650. The Labute approximate surface area is 130 Å². The number of ether oxygens (including phenoxy) is 1. The van der Waals surface area contributed by atoms with Crippen molar-refractivity contribution in [3.05, 3.63) is 10.6 Å². The highest BCUT2D eigenvalue weighted by atomic mass is 32.1. The second-order valence-electron chi connectivity index (χ2n) is 6.56. The zero-order chi connectivity index (χ0) is 14.2. The highest BCUT2D eigenvalue weighted by Crippen LogP contribution is 2.44. The number of aromatic nitrogens is 1. The normalized spacial score (nSPS) is 26.3. The molecule has 3 fully saturated rings. The van der Waals surface area contributed by atoms with Crippen LogP contribution in [0.2, 0.25) is 0 Å². The summed E-state index contributed by atoms with van der Waals surface area (Å²) in [6, 6.07) is 1.27. The number of hydrogen-bond acceptors (Lipinski definition) is 5. The van der Waals surface area contributed by atoms with Gasteiger partial charge in [0.15, 0.2) is 5.13 Å². The Morgan fingerprint density at radius 3 is 2.90 bits per heavy atom. The second-order valence-corrected chi connectivity index (χ2v) is 7.63. The van der Waals surface area contributed by atoms with Crippen molar-refractivity contribution in [2.75, 3.05) is 24.7 Å². The van der Waals surface area contributed by atoms with E-state index in [2.05, 4.69) is 17.1 Å².